The van der Waals surface area contributed by atoms with Gasteiger partial charge in [0.25, 0.3) is 0 Å². The standard InChI is InChI=1S/C12H16O6/c1-4-16-10(13)5-6-11(14)17-7-8-18-12(15)9(2)3/h4H,1-2,5-8H2,3H3. The van der Waals surface area contributed by atoms with Gasteiger partial charge in [-0.3, -0.25) is 9.59 Å². The fourth-order valence-corrected chi connectivity index (χ4v) is 0.841. The summed E-state index contributed by atoms with van der Waals surface area (Å²) in [5, 5.41) is 0. The molecule has 0 aromatic rings. The smallest absolute Gasteiger partial charge is 0.333 e. The zero-order valence-electron chi connectivity index (χ0n) is 10.3. The first-order valence-corrected chi connectivity index (χ1v) is 5.26. The van der Waals surface area contributed by atoms with Gasteiger partial charge in [-0.2, -0.15) is 0 Å². The van der Waals surface area contributed by atoms with Gasteiger partial charge in [0.2, 0.25) is 0 Å². The quantitative estimate of drug-likeness (QED) is 0.213. The summed E-state index contributed by atoms with van der Waals surface area (Å²) in [6, 6.07) is 0. The highest BCUT2D eigenvalue weighted by Gasteiger charge is 2.09. The number of hydrogen-bond acceptors (Lipinski definition) is 6. The Bertz CT molecular complexity index is 344. The zero-order chi connectivity index (χ0) is 14.0. The highest BCUT2D eigenvalue weighted by molar-refractivity contribution is 5.86. The van der Waals surface area contributed by atoms with Gasteiger partial charge >= 0.3 is 17.9 Å². The number of esters is 3. The Hall–Kier alpha value is -2.11. The average Bonchev–Trinajstić information content (AvgIpc) is 2.32. The lowest BCUT2D eigenvalue weighted by Crippen LogP contribution is -2.15. The van der Waals surface area contributed by atoms with E-state index < -0.39 is 17.9 Å². The first-order chi connectivity index (χ1) is 8.47. The van der Waals surface area contributed by atoms with Crippen LogP contribution >= 0.6 is 0 Å². The van der Waals surface area contributed by atoms with Crippen molar-refractivity contribution in [3.05, 3.63) is 25.0 Å². The highest BCUT2D eigenvalue weighted by atomic mass is 16.6. The van der Waals surface area contributed by atoms with Crippen molar-refractivity contribution in [3.8, 4) is 0 Å². The van der Waals surface area contributed by atoms with E-state index in [0.717, 1.165) is 6.26 Å². The highest BCUT2D eigenvalue weighted by Crippen LogP contribution is 1.97. The Morgan fingerprint density at radius 3 is 2.17 bits per heavy atom. The van der Waals surface area contributed by atoms with Crippen molar-refractivity contribution in [2.75, 3.05) is 13.2 Å². The van der Waals surface area contributed by atoms with Crippen molar-refractivity contribution in [2.45, 2.75) is 19.8 Å². The van der Waals surface area contributed by atoms with Crippen molar-refractivity contribution in [3.63, 3.8) is 0 Å². The second-order valence-corrected chi connectivity index (χ2v) is 3.29. The van der Waals surface area contributed by atoms with Crippen LogP contribution in [0.2, 0.25) is 0 Å². The van der Waals surface area contributed by atoms with Gasteiger partial charge in [-0.25, -0.2) is 4.79 Å². The average molecular weight is 256 g/mol. The molecule has 100 valence electrons. The van der Waals surface area contributed by atoms with Gasteiger partial charge < -0.3 is 14.2 Å². The van der Waals surface area contributed by atoms with Crippen LogP contribution in [0.1, 0.15) is 19.8 Å². The van der Waals surface area contributed by atoms with Crippen LogP contribution in [0.5, 0.6) is 0 Å². The van der Waals surface area contributed by atoms with Gasteiger partial charge in [-0.1, -0.05) is 13.2 Å². The molecule has 0 fully saturated rings. The van der Waals surface area contributed by atoms with E-state index in [1.54, 1.807) is 0 Å². The first-order valence-electron chi connectivity index (χ1n) is 5.26. The van der Waals surface area contributed by atoms with Gasteiger partial charge in [-0.15, -0.1) is 0 Å². The lowest BCUT2D eigenvalue weighted by molar-refractivity contribution is -0.151. The maximum absolute atomic E-state index is 11.1. The Labute approximate surface area is 105 Å². The van der Waals surface area contributed by atoms with Gasteiger partial charge in [0.05, 0.1) is 19.1 Å². The van der Waals surface area contributed by atoms with Crippen LogP contribution in [-0.2, 0) is 28.6 Å². The van der Waals surface area contributed by atoms with Crippen molar-refractivity contribution < 1.29 is 28.6 Å². The van der Waals surface area contributed by atoms with E-state index in [9.17, 15) is 14.4 Å². The van der Waals surface area contributed by atoms with Gasteiger partial charge in [0.15, 0.2) is 0 Å². The molecule has 6 nitrogen and oxygen atoms in total. The third-order valence-electron chi connectivity index (χ3n) is 1.68. The van der Waals surface area contributed by atoms with E-state index >= 15 is 0 Å². The Morgan fingerprint density at radius 1 is 1.06 bits per heavy atom. The Morgan fingerprint density at radius 2 is 1.61 bits per heavy atom. The summed E-state index contributed by atoms with van der Waals surface area (Å²) < 4.78 is 13.8. The third-order valence-corrected chi connectivity index (χ3v) is 1.68. The van der Waals surface area contributed by atoms with E-state index in [1.807, 2.05) is 0 Å². The number of rotatable bonds is 8. The van der Waals surface area contributed by atoms with Crippen molar-refractivity contribution >= 4 is 17.9 Å². The number of carbonyl (C=O) groups is 3. The second-order valence-electron chi connectivity index (χ2n) is 3.29. The van der Waals surface area contributed by atoms with E-state index in [2.05, 4.69) is 17.9 Å². The molecule has 0 N–H and O–H groups in total. The minimum absolute atomic E-state index is 0.0471. The van der Waals surface area contributed by atoms with Gasteiger partial charge in [-0.05, 0) is 6.92 Å². The summed E-state index contributed by atoms with van der Waals surface area (Å²) in [5.74, 6) is -1.67. The van der Waals surface area contributed by atoms with Crippen LogP contribution in [0.15, 0.2) is 25.0 Å². The summed E-state index contributed by atoms with van der Waals surface area (Å²) in [4.78, 5) is 32.9. The molecule has 0 amide bonds. The predicted molar refractivity (Wildman–Crippen MR) is 62.3 cm³/mol. The monoisotopic (exact) mass is 256 g/mol. The SMILES string of the molecule is C=COC(=O)CCC(=O)OCCOC(=O)C(=C)C. The molecule has 0 aliphatic rings. The van der Waals surface area contributed by atoms with Crippen LogP contribution in [0, 0.1) is 0 Å². The van der Waals surface area contributed by atoms with Gasteiger partial charge in [0.1, 0.15) is 13.2 Å². The molecule has 6 heteroatoms. The first kappa shape index (κ1) is 15.9. The molecule has 0 aliphatic heterocycles. The van der Waals surface area contributed by atoms with Crippen LogP contribution in [0.4, 0.5) is 0 Å². The predicted octanol–water partition coefficient (Wildman–Crippen LogP) is 1.12. The van der Waals surface area contributed by atoms with E-state index in [-0.39, 0.29) is 31.6 Å². The lowest BCUT2D eigenvalue weighted by atomic mass is 10.3. The molecule has 0 saturated carbocycles. The van der Waals surface area contributed by atoms with Crippen molar-refractivity contribution in [1.82, 2.24) is 0 Å². The molecule has 0 aromatic heterocycles. The number of ether oxygens (including phenoxy) is 3. The van der Waals surface area contributed by atoms with Crippen LogP contribution in [0.25, 0.3) is 0 Å². The molecule has 0 bridgehead atoms. The third kappa shape index (κ3) is 8.09. The largest absolute Gasteiger partial charge is 0.462 e. The van der Waals surface area contributed by atoms with Crippen molar-refractivity contribution in [1.29, 1.82) is 0 Å². The van der Waals surface area contributed by atoms with Crippen LogP contribution in [0.3, 0.4) is 0 Å². The zero-order valence-corrected chi connectivity index (χ0v) is 10.3. The molecule has 18 heavy (non-hydrogen) atoms. The summed E-state index contributed by atoms with van der Waals surface area (Å²) in [7, 11) is 0. The van der Waals surface area contributed by atoms with Crippen LogP contribution in [-0.4, -0.2) is 31.1 Å². The Balaban J connectivity index is 3.59. The summed E-state index contributed by atoms with van der Waals surface area (Å²) in [6.45, 7) is 8.00. The number of hydrogen-bond donors (Lipinski definition) is 0. The minimum atomic E-state index is -0.567. The Kier molecular flexibility index (Phi) is 7.92. The minimum Gasteiger partial charge on any atom is -0.462 e. The maximum atomic E-state index is 11.1. The van der Waals surface area contributed by atoms with Crippen molar-refractivity contribution in [2.24, 2.45) is 0 Å². The molecular weight excluding hydrogens is 240 g/mol. The van der Waals surface area contributed by atoms with E-state index in [1.165, 1.54) is 6.92 Å². The summed E-state index contributed by atoms with van der Waals surface area (Å²) >= 11 is 0. The molecule has 0 aliphatic carbocycles. The van der Waals surface area contributed by atoms with E-state index in [4.69, 9.17) is 9.47 Å². The number of carbonyl (C=O) groups excluding carboxylic acids is 3. The lowest BCUT2D eigenvalue weighted by Gasteiger charge is -2.05. The molecule has 0 radical (unpaired) electrons. The molecule has 0 rings (SSSR count). The normalized spacial score (nSPS) is 9.17. The summed E-state index contributed by atoms with van der Waals surface area (Å²) in [5.41, 5.74) is 0.272. The molecule has 0 saturated heterocycles. The summed E-state index contributed by atoms with van der Waals surface area (Å²) in [6.07, 6.45) is 0.808. The van der Waals surface area contributed by atoms with Crippen LogP contribution < -0.4 is 0 Å². The molecule has 0 aromatic carbocycles. The molecular formula is C12H16O6. The second kappa shape index (κ2) is 8.98. The molecule has 0 atom stereocenters. The topological polar surface area (TPSA) is 78.9 Å². The fraction of sp³-hybridized carbons (Fsp3) is 0.417. The van der Waals surface area contributed by atoms with Gasteiger partial charge in [0, 0.05) is 5.57 Å². The molecule has 0 heterocycles. The van der Waals surface area contributed by atoms with E-state index in [0.29, 0.717) is 0 Å². The fourth-order valence-electron chi connectivity index (χ4n) is 0.841. The maximum Gasteiger partial charge on any atom is 0.333 e. The molecule has 0 spiro atoms. The molecule has 0 unspecified atom stereocenters.